The summed E-state index contributed by atoms with van der Waals surface area (Å²) in [6.07, 6.45) is 3.50. The Kier molecular flexibility index (Phi) is 4.66. The van der Waals surface area contributed by atoms with Gasteiger partial charge in [0.2, 0.25) is 0 Å². The Labute approximate surface area is 106 Å². The Hall–Kier alpha value is -1.00. The summed E-state index contributed by atoms with van der Waals surface area (Å²) in [6, 6.07) is 2.41. The number of halogens is 2. The first-order valence-electron chi connectivity index (χ1n) is 6.50. The number of hydrogen-bond donors (Lipinski definition) is 1. The van der Waals surface area contributed by atoms with Crippen LogP contribution in [-0.2, 0) is 13.0 Å². The topological polar surface area (TPSA) is 23.5 Å². The SMILES string of the molecule is OCCCCCN1CCc2c(F)cc(F)cc2C1. The van der Waals surface area contributed by atoms with Gasteiger partial charge >= 0.3 is 0 Å². The highest BCUT2D eigenvalue weighted by Crippen LogP contribution is 2.23. The lowest BCUT2D eigenvalue weighted by Gasteiger charge is -2.29. The van der Waals surface area contributed by atoms with Gasteiger partial charge in [0.1, 0.15) is 11.6 Å². The summed E-state index contributed by atoms with van der Waals surface area (Å²) in [7, 11) is 0. The molecule has 1 aliphatic rings. The fourth-order valence-corrected chi connectivity index (χ4v) is 2.48. The molecule has 2 rings (SSSR count). The minimum Gasteiger partial charge on any atom is -0.396 e. The number of aliphatic hydroxyl groups excluding tert-OH is 1. The predicted octanol–water partition coefficient (Wildman–Crippen LogP) is 2.49. The van der Waals surface area contributed by atoms with Crippen LogP contribution in [0.4, 0.5) is 8.78 Å². The molecule has 0 radical (unpaired) electrons. The average Bonchev–Trinajstić information content (AvgIpc) is 2.34. The van der Waals surface area contributed by atoms with E-state index in [-0.39, 0.29) is 6.61 Å². The fraction of sp³-hybridized carbons (Fsp3) is 0.571. The highest BCUT2D eigenvalue weighted by Gasteiger charge is 2.19. The molecule has 0 saturated carbocycles. The lowest BCUT2D eigenvalue weighted by molar-refractivity contribution is 0.236. The molecule has 1 aromatic rings. The Morgan fingerprint density at radius 3 is 2.78 bits per heavy atom. The first kappa shape index (κ1) is 13.4. The highest BCUT2D eigenvalue weighted by atomic mass is 19.1. The first-order chi connectivity index (χ1) is 8.70. The highest BCUT2D eigenvalue weighted by molar-refractivity contribution is 5.31. The van der Waals surface area contributed by atoms with E-state index in [1.54, 1.807) is 0 Å². The summed E-state index contributed by atoms with van der Waals surface area (Å²) in [5, 5.41) is 8.70. The molecule has 2 nitrogen and oxygen atoms in total. The van der Waals surface area contributed by atoms with Gasteiger partial charge < -0.3 is 5.11 Å². The van der Waals surface area contributed by atoms with Crippen molar-refractivity contribution in [2.24, 2.45) is 0 Å². The van der Waals surface area contributed by atoms with Crippen molar-refractivity contribution < 1.29 is 13.9 Å². The Bertz CT molecular complexity index is 409. The van der Waals surface area contributed by atoms with Crippen LogP contribution in [0.15, 0.2) is 12.1 Å². The summed E-state index contributed by atoms with van der Waals surface area (Å²) >= 11 is 0. The van der Waals surface area contributed by atoms with Crippen molar-refractivity contribution in [3.05, 3.63) is 34.9 Å². The molecule has 100 valence electrons. The van der Waals surface area contributed by atoms with Gasteiger partial charge in [-0.25, -0.2) is 8.78 Å². The minimum absolute atomic E-state index is 0.235. The van der Waals surface area contributed by atoms with Crippen molar-refractivity contribution in [1.29, 1.82) is 0 Å². The average molecular weight is 255 g/mol. The van der Waals surface area contributed by atoms with Gasteiger partial charge in [0.15, 0.2) is 0 Å². The lowest BCUT2D eigenvalue weighted by atomic mass is 9.98. The van der Waals surface area contributed by atoms with E-state index in [4.69, 9.17) is 5.11 Å². The van der Waals surface area contributed by atoms with Crippen molar-refractivity contribution in [3.63, 3.8) is 0 Å². The number of benzene rings is 1. The molecular weight excluding hydrogens is 236 g/mol. The van der Waals surface area contributed by atoms with Gasteiger partial charge in [0.05, 0.1) is 0 Å². The standard InChI is InChI=1S/C14H19F2NO/c15-12-8-11-10-17(5-2-1-3-7-18)6-4-13(11)14(16)9-12/h8-9,18H,1-7,10H2. The van der Waals surface area contributed by atoms with Gasteiger partial charge in [0.25, 0.3) is 0 Å². The van der Waals surface area contributed by atoms with Crippen molar-refractivity contribution in [2.75, 3.05) is 19.7 Å². The molecule has 0 fully saturated rings. The summed E-state index contributed by atoms with van der Waals surface area (Å²) in [5.41, 5.74) is 1.45. The van der Waals surface area contributed by atoms with Gasteiger partial charge in [0, 0.05) is 25.8 Å². The van der Waals surface area contributed by atoms with Crippen LogP contribution in [0.1, 0.15) is 30.4 Å². The number of fused-ring (bicyclic) bond motifs is 1. The van der Waals surface area contributed by atoms with Crippen LogP contribution in [-0.4, -0.2) is 29.7 Å². The van der Waals surface area contributed by atoms with Crippen LogP contribution in [0.5, 0.6) is 0 Å². The molecule has 0 amide bonds. The lowest BCUT2D eigenvalue weighted by Crippen LogP contribution is -2.32. The van der Waals surface area contributed by atoms with E-state index in [1.165, 1.54) is 6.07 Å². The monoisotopic (exact) mass is 255 g/mol. The number of unbranched alkanes of at least 4 members (excludes halogenated alkanes) is 2. The molecule has 0 aliphatic carbocycles. The van der Waals surface area contributed by atoms with Crippen molar-refractivity contribution in [1.82, 2.24) is 4.90 Å². The third-order valence-corrected chi connectivity index (χ3v) is 3.46. The maximum atomic E-state index is 13.5. The molecular formula is C14H19F2NO. The third-order valence-electron chi connectivity index (χ3n) is 3.46. The summed E-state index contributed by atoms with van der Waals surface area (Å²) < 4.78 is 26.7. The van der Waals surface area contributed by atoms with E-state index in [0.717, 1.165) is 44.0 Å². The second-order valence-corrected chi connectivity index (χ2v) is 4.84. The predicted molar refractivity (Wildman–Crippen MR) is 66.3 cm³/mol. The molecule has 0 unspecified atom stereocenters. The zero-order valence-corrected chi connectivity index (χ0v) is 10.5. The van der Waals surface area contributed by atoms with E-state index in [2.05, 4.69) is 4.90 Å². The van der Waals surface area contributed by atoms with Gasteiger partial charge in [-0.15, -0.1) is 0 Å². The normalized spacial score (nSPS) is 15.7. The number of nitrogens with zero attached hydrogens (tertiary/aromatic N) is 1. The Balaban J connectivity index is 1.93. The molecule has 0 saturated heterocycles. The van der Waals surface area contributed by atoms with E-state index < -0.39 is 11.6 Å². The molecule has 0 bridgehead atoms. The second-order valence-electron chi connectivity index (χ2n) is 4.84. The first-order valence-corrected chi connectivity index (χ1v) is 6.50. The third kappa shape index (κ3) is 3.27. The van der Waals surface area contributed by atoms with Crippen molar-refractivity contribution >= 4 is 0 Å². The number of aliphatic hydroxyl groups is 1. The maximum absolute atomic E-state index is 13.5. The Morgan fingerprint density at radius 2 is 2.00 bits per heavy atom. The van der Waals surface area contributed by atoms with Crippen LogP contribution in [0.2, 0.25) is 0 Å². The van der Waals surface area contributed by atoms with E-state index in [0.29, 0.717) is 18.5 Å². The molecule has 18 heavy (non-hydrogen) atoms. The van der Waals surface area contributed by atoms with Gasteiger partial charge in [-0.1, -0.05) is 0 Å². The van der Waals surface area contributed by atoms with E-state index in [9.17, 15) is 8.78 Å². The maximum Gasteiger partial charge on any atom is 0.129 e. The van der Waals surface area contributed by atoms with Crippen LogP contribution >= 0.6 is 0 Å². The second kappa shape index (κ2) is 6.25. The molecule has 1 aromatic carbocycles. The van der Waals surface area contributed by atoms with Crippen LogP contribution in [0, 0.1) is 11.6 Å². The number of hydrogen-bond acceptors (Lipinski definition) is 2. The van der Waals surface area contributed by atoms with Gasteiger partial charge in [-0.05, 0) is 49.4 Å². The zero-order valence-electron chi connectivity index (χ0n) is 10.5. The zero-order chi connectivity index (χ0) is 13.0. The molecule has 0 aromatic heterocycles. The molecule has 0 spiro atoms. The Morgan fingerprint density at radius 1 is 1.17 bits per heavy atom. The summed E-state index contributed by atoms with van der Waals surface area (Å²) in [6.45, 7) is 2.62. The molecule has 4 heteroatoms. The van der Waals surface area contributed by atoms with Crippen molar-refractivity contribution in [2.45, 2.75) is 32.2 Å². The van der Waals surface area contributed by atoms with E-state index in [1.807, 2.05) is 0 Å². The minimum atomic E-state index is -0.492. The summed E-state index contributed by atoms with van der Waals surface area (Å²) in [4.78, 5) is 2.22. The smallest absolute Gasteiger partial charge is 0.129 e. The van der Waals surface area contributed by atoms with Gasteiger partial charge in [-0.2, -0.15) is 0 Å². The largest absolute Gasteiger partial charge is 0.396 e. The van der Waals surface area contributed by atoms with Crippen LogP contribution in [0.3, 0.4) is 0 Å². The van der Waals surface area contributed by atoms with Crippen molar-refractivity contribution in [3.8, 4) is 0 Å². The molecule has 1 N–H and O–H groups in total. The number of rotatable bonds is 5. The fourth-order valence-electron chi connectivity index (χ4n) is 2.48. The molecule has 0 atom stereocenters. The van der Waals surface area contributed by atoms with Gasteiger partial charge in [-0.3, -0.25) is 4.90 Å². The van der Waals surface area contributed by atoms with E-state index >= 15 is 0 Å². The molecule has 1 heterocycles. The van der Waals surface area contributed by atoms with Crippen LogP contribution < -0.4 is 0 Å². The quantitative estimate of drug-likeness (QED) is 0.817. The molecule has 1 aliphatic heterocycles. The summed E-state index contributed by atoms with van der Waals surface area (Å²) in [5.74, 6) is -0.904. The van der Waals surface area contributed by atoms with Crippen LogP contribution in [0.25, 0.3) is 0 Å².